The Morgan fingerprint density at radius 1 is 1.09 bits per heavy atom. The SMILES string of the molecule is Cc1ccc2c(-c3ccc(Cl)cc3)c(C(F)F)c(=O)oc2c1. The van der Waals surface area contributed by atoms with E-state index in [0.29, 0.717) is 21.6 Å². The molecular formula is C17H11ClF2O2. The number of rotatable bonds is 2. The minimum Gasteiger partial charge on any atom is -0.422 e. The first-order valence-corrected chi connectivity index (χ1v) is 6.96. The Kier molecular flexibility index (Phi) is 3.71. The molecule has 1 heterocycles. The van der Waals surface area contributed by atoms with E-state index in [0.717, 1.165) is 5.56 Å². The van der Waals surface area contributed by atoms with E-state index in [-0.39, 0.29) is 5.56 Å². The molecular weight excluding hydrogens is 310 g/mol. The van der Waals surface area contributed by atoms with Crippen molar-refractivity contribution in [1.29, 1.82) is 0 Å². The Hall–Kier alpha value is -2.20. The van der Waals surface area contributed by atoms with Crippen LogP contribution < -0.4 is 5.63 Å². The summed E-state index contributed by atoms with van der Waals surface area (Å²) in [5.41, 5.74) is 0.220. The zero-order valence-corrected chi connectivity index (χ0v) is 12.3. The van der Waals surface area contributed by atoms with E-state index in [1.807, 2.05) is 6.92 Å². The molecule has 2 nitrogen and oxygen atoms in total. The van der Waals surface area contributed by atoms with Gasteiger partial charge in [0.1, 0.15) is 11.1 Å². The maximum Gasteiger partial charge on any atom is 0.345 e. The first-order valence-electron chi connectivity index (χ1n) is 6.59. The highest BCUT2D eigenvalue weighted by molar-refractivity contribution is 6.30. The number of aryl methyl sites for hydroxylation is 1. The lowest BCUT2D eigenvalue weighted by Crippen LogP contribution is -2.10. The van der Waals surface area contributed by atoms with Gasteiger partial charge in [-0.2, -0.15) is 0 Å². The summed E-state index contributed by atoms with van der Waals surface area (Å²) in [6.45, 7) is 1.84. The second kappa shape index (κ2) is 5.54. The van der Waals surface area contributed by atoms with Gasteiger partial charge in [0.2, 0.25) is 0 Å². The van der Waals surface area contributed by atoms with E-state index in [2.05, 4.69) is 0 Å². The molecule has 0 aliphatic heterocycles. The van der Waals surface area contributed by atoms with Gasteiger partial charge in [-0.05, 0) is 36.2 Å². The second-order valence-electron chi connectivity index (χ2n) is 4.99. The molecule has 0 aliphatic rings. The van der Waals surface area contributed by atoms with Crippen LogP contribution in [-0.2, 0) is 0 Å². The highest BCUT2D eigenvalue weighted by Gasteiger charge is 2.23. The molecule has 0 atom stereocenters. The first kappa shape index (κ1) is 14.7. The normalized spacial score (nSPS) is 11.3. The summed E-state index contributed by atoms with van der Waals surface area (Å²) >= 11 is 5.84. The predicted octanol–water partition coefficient (Wildman–Crippen LogP) is 5.36. The van der Waals surface area contributed by atoms with Crippen molar-refractivity contribution in [2.24, 2.45) is 0 Å². The van der Waals surface area contributed by atoms with Crippen molar-refractivity contribution in [1.82, 2.24) is 0 Å². The third kappa shape index (κ3) is 2.50. The number of fused-ring (bicyclic) bond motifs is 1. The average molecular weight is 321 g/mol. The van der Waals surface area contributed by atoms with Crippen molar-refractivity contribution in [3.05, 3.63) is 69.0 Å². The van der Waals surface area contributed by atoms with Crippen molar-refractivity contribution >= 4 is 22.6 Å². The van der Waals surface area contributed by atoms with Crippen LogP contribution in [0.25, 0.3) is 22.1 Å². The minimum absolute atomic E-state index is 0.193. The molecule has 0 radical (unpaired) electrons. The van der Waals surface area contributed by atoms with E-state index in [9.17, 15) is 13.6 Å². The smallest absolute Gasteiger partial charge is 0.345 e. The van der Waals surface area contributed by atoms with Gasteiger partial charge in [0, 0.05) is 16.0 Å². The largest absolute Gasteiger partial charge is 0.422 e. The van der Waals surface area contributed by atoms with Gasteiger partial charge in [0.15, 0.2) is 0 Å². The molecule has 0 aliphatic carbocycles. The fourth-order valence-corrected chi connectivity index (χ4v) is 2.57. The molecule has 3 rings (SSSR count). The van der Waals surface area contributed by atoms with E-state index >= 15 is 0 Å². The van der Waals surface area contributed by atoms with Crippen LogP contribution in [-0.4, -0.2) is 0 Å². The van der Waals surface area contributed by atoms with Gasteiger partial charge in [0.05, 0.1) is 0 Å². The number of benzene rings is 2. The van der Waals surface area contributed by atoms with Crippen LogP contribution in [0.3, 0.4) is 0 Å². The summed E-state index contributed by atoms with van der Waals surface area (Å²) in [4.78, 5) is 12.0. The maximum atomic E-state index is 13.4. The Morgan fingerprint density at radius 2 is 1.77 bits per heavy atom. The lowest BCUT2D eigenvalue weighted by molar-refractivity contribution is 0.147. The molecule has 22 heavy (non-hydrogen) atoms. The minimum atomic E-state index is -2.92. The molecule has 0 spiro atoms. The second-order valence-corrected chi connectivity index (χ2v) is 5.42. The highest BCUT2D eigenvalue weighted by atomic mass is 35.5. The number of hydrogen-bond acceptors (Lipinski definition) is 2. The molecule has 0 saturated heterocycles. The monoisotopic (exact) mass is 320 g/mol. The molecule has 0 N–H and O–H groups in total. The lowest BCUT2D eigenvalue weighted by Gasteiger charge is -2.12. The summed E-state index contributed by atoms with van der Waals surface area (Å²) in [5, 5.41) is 0.966. The lowest BCUT2D eigenvalue weighted by atomic mass is 9.96. The van der Waals surface area contributed by atoms with Gasteiger partial charge < -0.3 is 4.42 Å². The quantitative estimate of drug-likeness (QED) is 0.595. The average Bonchev–Trinajstić information content (AvgIpc) is 2.46. The van der Waals surface area contributed by atoms with Gasteiger partial charge >= 0.3 is 5.63 Å². The van der Waals surface area contributed by atoms with Crippen LogP contribution in [0.15, 0.2) is 51.7 Å². The highest BCUT2D eigenvalue weighted by Crippen LogP contribution is 2.35. The fourth-order valence-electron chi connectivity index (χ4n) is 2.45. The molecule has 0 fully saturated rings. The fraction of sp³-hybridized carbons (Fsp3) is 0.118. The number of halogens is 3. The standard InChI is InChI=1S/C17H11ClF2O2/c1-9-2-7-12-13(8-9)22-17(21)15(16(19)20)14(12)10-3-5-11(18)6-4-10/h2-8,16H,1H3. The predicted molar refractivity (Wildman–Crippen MR) is 82.6 cm³/mol. The molecule has 1 aromatic heterocycles. The van der Waals surface area contributed by atoms with Crippen LogP contribution in [0.5, 0.6) is 0 Å². The Bertz CT molecular complexity index is 899. The molecule has 0 bridgehead atoms. The van der Waals surface area contributed by atoms with E-state index in [1.54, 1.807) is 42.5 Å². The van der Waals surface area contributed by atoms with Gasteiger partial charge in [0.25, 0.3) is 6.43 Å². The van der Waals surface area contributed by atoms with Crippen molar-refractivity contribution in [3.63, 3.8) is 0 Å². The molecule has 5 heteroatoms. The number of alkyl halides is 2. The van der Waals surface area contributed by atoms with Gasteiger partial charge in [-0.25, -0.2) is 13.6 Å². The van der Waals surface area contributed by atoms with Crippen LogP contribution >= 0.6 is 11.6 Å². The molecule has 0 unspecified atom stereocenters. The molecule has 0 saturated carbocycles. The summed E-state index contributed by atoms with van der Waals surface area (Å²) in [5.74, 6) is 0. The van der Waals surface area contributed by atoms with Crippen LogP contribution in [0, 0.1) is 6.92 Å². The van der Waals surface area contributed by atoms with Crippen molar-refractivity contribution in [3.8, 4) is 11.1 Å². The van der Waals surface area contributed by atoms with E-state index in [1.165, 1.54) is 0 Å². The number of hydrogen-bond donors (Lipinski definition) is 0. The Morgan fingerprint density at radius 3 is 2.41 bits per heavy atom. The van der Waals surface area contributed by atoms with Crippen LogP contribution in [0.1, 0.15) is 17.6 Å². The molecule has 3 aromatic rings. The first-order chi connectivity index (χ1) is 10.5. The third-order valence-corrected chi connectivity index (χ3v) is 3.70. The van der Waals surface area contributed by atoms with E-state index < -0.39 is 17.6 Å². The van der Waals surface area contributed by atoms with E-state index in [4.69, 9.17) is 16.0 Å². The Balaban J connectivity index is 2.45. The zero-order valence-electron chi connectivity index (χ0n) is 11.6. The molecule has 0 amide bonds. The molecule has 2 aromatic carbocycles. The summed E-state index contributed by atoms with van der Waals surface area (Å²) in [6, 6.07) is 11.6. The summed E-state index contributed by atoms with van der Waals surface area (Å²) in [7, 11) is 0. The molecule has 112 valence electrons. The van der Waals surface area contributed by atoms with Crippen molar-refractivity contribution < 1.29 is 13.2 Å². The van der Waals surface area contributed by atoms with Crippen LogP contribution in [0.4, 0.5) is 8.78 Å². The maximum absolute atomic E-state index is 13.4. The van der Waals surface area contributed by atoms with Gasteiger partial charge in [-0.15, -0.1) is 0 Å². The third-order valence-electron chi connectivity index (χ3n) is 3.45. The van der Waals surface area contributed by atoms with Gasteiger partial charge in [-0.3, -0.25) is 0 Å². The van der Waals surface area contributed by atoms with Gasteiger partial charge in [-0.1, -0.05) is 35.9 Å². The van der Waals surface area contributed by atoms with Crippen LogP contribution in [0.2, 0.25) is 5.02 Å². The van der Waals surface area contributed by atoms with Crippen molar-refractivity contribution in [2.75, 3.05) is 0 Å². The van der Waals surface area contributed by atoms with Crippen molar-refractivity contribution in [2.45, 2.75) is 13.3 Å². The Labute approximate surface area is 130 Å². The topological polar surface area (TPSA) is 30.2 Å². The zero-order chi connectivity index (χ0) is 15.9. The summed E-state index contributed by atoms with van der Waals surface area (Å²) < 4.78 is 31.8. The summed E-state index contributed by atoms with van der Waals surface area (Å²) in [6.07, 6.45) is -2.92.